The number of nitrogens with zero attached hydrogens (tertiary/aromatic N) is 2. The van der Waals surface area contributed by atoms with E-state index in [1.54, 1.807) is 19.5 Å². The number of nitrogens with one attached hydrogen (secondary N) is 2. The molecular weight excluding hydrogens is 340 g/mol. The van der Waals surface area contributed by atoms with Gasteiger partial charge in [0, 0.05) is 24.7 Å². The summed E-state index contributed by atoms with van der Waals surface area (Å²) in [4.78, 5) is 29.7. The summed E-state index contributed by atoms with van der Waals surface area (Å²) in [6, 6.07) is 7.41. The number of ether oxygens (including phenoxy) is 1. The monoisotopic (exact) mass is 362 g/mol. The van der Waals surface area contributed by atoms with Gasteiger partial charge in [-0.15, -0.1) is 11.3 Å². The van der Waals surface area contributed by atoms with Gasteiger partial charge in [0.05, 0.1) is 13.7 Å². The number of amides is 2. The Morgan fingerprint density at radius 1 is 1.28 bits per heavy atom. The maximum Gasteiger partial charge on any atom is 0.273 e. The van der Waals surface area contributed by atoms with Crippen molar-refractivity contribution in [1.29, 1.82) is 0 Å². The first-order valence-electron chi connectivity index (χ1n) is 7.92. The number of carbonyl (C=O) groups is 2. The molecule has 0 aliphatic rings. The number of anilines is 2. The van der Waals surface area contributed by atoms with E-state index in [0.29, 0.717) is 17.4 Å². The van der Waals surface area contributed by atoms with E-state index in [0.717, 1.165) is 17.9 Å². The van der Waals surface area contributed by atoms with E-state index in [1.165, 1.54) is 16.2 Å². The second-order valence-corrected chi connectivity index (χ2v) is 6.26. The van der Waals surface area contributed by atoms with Crippen molar-refractivity contribution in [3.05, 3.63) is 35.3 Å². The number of methoxy groups -OCH3 is 1. The van der Waals surface area contributed by atoms with Crippen LogP contribution in [0.1, 0.15) is 23.8 Å². The Balaban J connectivity index is 1.94. The minimum Gasteiger partial charge on any atom is -0.497 e. The number of thiazole rings is 1. The normalized spacial score (nSPS) is 10.2. The highest BCUT2D eigenvalue weighted by Crippen LogP contribution is 2.23. The second kappa shape index (κ2) is 9.03. The van der Waals surface area contributed by atoms with Gasteiger partial charge in [0.15, 0.2) is 5.13 Å². The molecule has 1 aromatic carbocycles. The molecule has 0 fully saturated rings. The number of aromatic nitrogens is 1. The lowest BCUT2D eigenvalue weighted by molar-refractivity contribution is -0.121. The van der Waals surface area contributed by atoms with Crippen molar-refractivity contribution >= 4 is 34.0 Å². The van der Waals surface area contributed by atoms with Crippen LogP contribution < -0.4 is 15.4 Å². The van der Waals surface area contributed by atoms with Crippen LogP contribution in [0, 0.1) is 0 Å². The average Bonchev–Trinajstić information content (AvgIpc) is 3.08. The summed E-state index contributed by atoms with van der Waals surface area (Å²) < 4.78 is 5.11. The second-order valence-electron chi connectivity index (χ2n) is 5.40. The van der Waals surface area contributed by atoms with Crippen molar-refractivity contribution < 1.29 is 14.3 Å². The summed E-state index contributed by atoms with van der Waals surface area (Å²) in [6.07, 6.45) is 0.857. The third-order valence-corrected chi connectivity index (χ3v) is 4.12. The Kier molecular flexibility index (Phi) is 6.76. The summed E-state index contributed by atoms with van der Waals surface area (Å²) in [5, 5.41) is 8.17. The van der Waals surface area contributed by atoms with Gasteiger partial charge in [0.1, 0.15) is 11.4 Å². The van der Waals surface area contributed by atoms with Crippen LogP contribution in [0.4, 0.5) is 10.8 Å². The molecule has 0 bridgehead atoms. The third-order valence-electron chi connectivity index (χ3n) is 3.36. The van der Waals surface area contributed by atoms with Crippen LogP contribution in [0.5, 0.6) is 5.75 Å². The predicted octanol–water partition coefficient (Wildman–Crippen LogP) is 2.49. The molecule has 134 valence electrons. The molecule has 0 spiro atoms. The number of benzene rings is 1. The highest BCUT2D eigenvalue weighted by molar-refractivity contribution is 7.14. The molecule has 1 heterocycles. The van der Waals surface area contributed by atoms with E-state index in [9.17, 15) is 9.59 Å². The quantitative estimate of drug-likeness (QED) is 0.754. The molecule has 0 unspecified atom stereocenters. The highest BCUT2D eigenvalue weighted by atomic mass is 32.1. The van der Waals surface area contributed by atoms with Crippen LogP contribution in [0.2, 0.25) is 0 Å². The lowest BCUT2D eigenvalue weighted by Crippen LogP contribution is -2.38. The van der Waals surface area contributed by atoms with Gasteiger partial charge in [-0.25, -0.2) is 4.98 Å². The Bertz CT molecular complexity index is 715. The van der Waals surface area contributed by atoms with E-state index in [1.807, 2.05) is 31.2 Å². The first-order valence-corrected chi connectivity index (χ1v) is 8.80. The van der Waals surface area contributed by atoms with Crippen molar-refractivity contribution in [2.45, 2.75) is 13.3 Å². The van der Waals surface area contributed by atoms with E-state index >= 15 is 0 Å². The molecule has 2 rings (SSSR count). The molecule has 0 atom stereocenters. The van der Waals surface area contributed by atoms with E-state index in [2.05, 4.69) is 15.6 Å². The zero-order chi connectivity index (χ0) is 18.2. The number of carbonyl (C=O) groups excluding carboxylic acids is 2. The minimum atomic E-state index is -0.286. The van der Waals surface area contributed by atoms with Gasteiger partial charge in [0.2, 0.25) is 5.91 Å². The van der Waals surface area contributed by atoms with Gasteiger partial charge in [-0.05, 0) is 30.7 Å². The van der Waals surface area contributed by atoms with Crippen LogP contribution in [-0.2, 0) is 4.79 Å². The van der Waals surface area contributed by atoms with Gasteiger partial charge in [-0.2, -0.15) is 0 Å². The predicted molar refractivity (Wildman–Crippen MR) is 98.7 cm³/mol. The lowest BCUT2D eigenvalue weighted by atomic mass is 10.3. The van der Waals surface area contributed by atoms with Crippen molar-refractivity contribution in [1.82, 2.24) is 15.2 Å². The zero-order valence-electron chi connectivity index (χ0n) is 14.5. The van der Waals surface area contributed by atoms with E-state index < -0.39 is 0 Å². The van der Waals surface area contributed by atoms with Gasteiger partial charge in [0.25, 0.3) is 5.91 Å². The summed E-state index contributed by atoms with van der Waals surface area (Å²) >= 11 is 1.33. The van der Waals surface area contributed by atoms with Crippen LogP contribution in [0.25, 0.3) is 0 Å². The fourth-order valence-corrected chi connectivity index (χ4v) is 2.73. The first-order chi connectivity index (χ1) is 12.0. The summed E-state index contributed by atoms with van der Waals surface area (Å²) in [7, 11) is 3.20. The van der Waals surface area contributed by atoms with Crippen molar-refractivity contribution in [2.24, 2.45) is 0 Å². The Hall–Kier alpha value is -2.61. The van der Waals surface area contributed by atoms with Gasteiger partial charge >= 0.3 is 0 Å². The first kappa shape index (κ1) is 18.7. The zero-order valence-corrected chi connectivity index (χ0v) is 15.4. The van der Waals surface area contributed by atoms with Gasteiger partial charge in [-0.3, -0.25) is 9.59 Å². The van der Waals surface area contributed by atoms with Crippen molar-refractivity contribution in [2.75, 3.05) is 32.6 Å². The van der Waals surface area contributed by atoms with Gasteiger partial charge in [-0.1, -0.05) is 6.92 Å². The third kappa shape index (κ3) is 5.46. The van der Waals surface area contributed by atoms with E-state index in [4.69, 9.17) is 4.74 Å². The fraction of sp³-hybridized carbons (Fsp3) is 0.353. The van der Waals surface area contributed by atoms with Crippen LogP contribution in [0.3, 0.4) is 0 Å². The van der Waals surface area contributed by atoms with Crippen LogP contribution in [0.15, 0.2) is 29.6 Å². The largest absolute Gasteiger partial charge is 0.497 e. The Morgan fingerprint density at radius 3 is 2.64 bits per heavy atom. The van der Waals surface area contributed by atoms with Crippen LogP contribution >= 0.6 is 11.3 Å². The van der Waals surface area contributed by atoms with Crippen LogP contribution in [-0.4, -0.2) is 48.9 Å². The average molecular weight is 362 g/mol. The molecule has 25 heavy (non-hydrogen) atoms. The smallest absolute Gasteiger partial charge is 0.273 e. The molecule has 7 nitrogen and oxygen atoms in total. The topological polar surface area (TPSA) is 83.6 Å². The molecule has 0 saturated carbocycles. The van der Waals surface area contributed by atoms with Gasteiger partial charge < -0.3 is 20.3 Å². The standard InChI is InChI=1S/C17H22N4O3S/c1-4-9-18-15(22)10-21(2)16(23)14-11-25-17(20-14)19-12-5-7-13(24-3)8-6-12/h5-8,11H,4,9-10H2,1-3H3,(H,18,22)(H,19,20). The highest BCUT2D eigenvalue weighted by Gasteiger charge is 2.17. The maximum absolute atomic E-state index is 12.3. The summed E-state index contributed by atoms with van der Waals surface area (Å²) in [5.41, 5.74) is 1.16. The Labute approximate surface area is 151 Å². The SMILES string of the molecule is CCCNC(=O)CN(C)C(=O)c1csc(Nc2ccc(OC)cc2)n1. The molecule has 8 heteroatoms. The maximum atomic E-state index is 12.3. The molecule has 0 aliphatic heterocycles. The summed E-state index contributed by atoms with van der Waals surface area (Å²) in [6.45, 7) is 2.59. The fourth-order valence-electron chi connectivity index (χ4n) is 2.03. The molecule has 2 aromatic rings. The minimum absolute atomic E-state index is 0.0115. The number of hydrogen-bond acceptors (Lipinski definition) is 6. The molecule has 1 aromatic heterocycles. The number of likely N-dealkylation sites (N-methyl/N-ethyl adjacent to an activating group) is 1. The van der Waals surface area contributed by atoms with E-state index in [-0.39, 0.29) is 18.4 Å². The summed E-state index contributed by atoms with van der Waals surface area (Å²) in [5.74, 6) is 0.304. The molecule has 2 amide bonds. The molecule has 0 saturated heterocycles. The molecule has 2 N–H and O–H groups in total. The number of rotatable bonds is 8. The molecular formula is C17H22N4O3S. The van der Waals surface area contributed by atoms with Crippen molar-refractivity contribution in [3.63, 3.8) is 0 Å². The number of hydrogen-bond donors (Lipinski definition) is 2. The van der Waals surface area contributed by atoms with Crippen molar-refractivity contribution in [3.8, 4) is 5.75 Å². The lowest BCUT2D eigenvalue weighted by Gasteiger charge is -2.15. The molecule has 0 aliphatic carbocycles. The Morgan fingerprint density at radius 2 is 2.00 bits per heavy atom. The molecule has 0 radical (unpaired) electrons.